The topological polar surface area (TPSA) is 163 Å². The molecule has 37 heavy (non-hydrogen) atoms. The van der Waals surface area contributed by atoms with Crippen molar-refractivity contribution in [1.82, 2.24) is 15.1 Å². The van der Waals surface area contributed by atoms with Crippen molar-refractivity contribution in [1.29, 1.82) is 0 Å². The van der Waals surface area contributed by atoms with Gasteiger partial charge in [-0.25, -0.2) is 0 Å². The molecule has 2 fully saturated rings. The molecule has 0 bridgehead atoms. The molecule has 2 heterocycles. The molecule has 0 unspecified atom stereocenters. The monoisotopic (exact) mass is 545 g/mol. The summed E-state index contributed by atoms with van der Waals surface area (Å²) in [6, 6.07) is 0. The van der Waals surface area contributed by atoms with E-state index in [0.29, 0.717) is 5.91 Å². The molecule has 2 aliphatic heterocycles. The maximum absolute atomic E-state index is 10.7. The van der Waals surface area contributed by atoms with E-state index in [2.05, 4.69) is 14.8 Å². The summed E-state index contributed by atoms with van der Waals surface area (Å²) < 4.78 is 8.07. The third-order valence-corrected chi connectivity index (χ3v) is 3.43. The highest BCUT2D eigenvalue weighted by Gasteiger charge is 2.14. The van der Waals surface area contributed by atoms with Crippen LogP contribution in [0.2, 0.25) is 0 Å². The number of piperazine rings is 1. The Labute approximate surface area is 226 Å². The van der Waals surface area contributed by atoms with Gasteiger partial charge in [0, 0.05) is 73.9 Å². The Morgan fingerprint density at radius 1 is 0.892 bits per heavy atom. The van der Waals surface area contributed by atoms with Crippen molar-refractivity contribution in [3.05, 3.63) is 0 Å². The Hall–Kier alpha value is -2.73. The van der Waals surface area contributed by atoms with Crippen LogP contribution in [0.15, 0.2) is 0 Å². The molecule has 0 saturated carbocycles. The lowest BCUT2D eigenvalue weighted by atomic mass is 10.4. The number of ether oxygens (including phenoxy) is 2. The standard InChI is InChI=1S/C6H12N2O.C5H9NO.C3H6O3.C3H6O2.C2H4O2.C2H6.4CH4/c1-6(9)8-4-2-7-3-5-8;1-6-4-2-3-5(6)7;1-3(5)6-2-4;1-3(4)5-2;1-2(3)4;1-2;;;;/h7H,2-5H2,1H3;2-4H2,1H3;4H,2H2,1H3;1-2H3;1H3,(H,3,4);1-2H3;4*1H4. The highest BCUT2D eigenvalue weighted by molar-refractivity contribution is 5.77. The minimum atomic E-state index is -0.833. The molecule has 0 spiro atoms. The Bertz CT molecular complexity index is 536. The summed E-state index contributed by atoms with van der Waals surface area (Å²) in [5, 5.41) is 18.4. The third kappa shape index (κ3) is 55.2. The Balaban J connectivity index is -0.0000000464. The second kappa shape index (κ2) is 40.4. The summed E-state index contributed by atoms with van der Waals surface area (Å²) in [5.74, 6) is -1.06. The maximum atomic E-state index is 10.7. The number of carbonyl (C=O) groups is 5. The molecule has 0 aliphatic carbocycles. The number of aliphatic hydroxyl groups is 1. The number of likely N-dealkylation sites (tertiary alicyclic amines) is 1. The molecule has 3 N–H and O–H groups in total. The zero-order chi connectivity index (χ0) is 26.8. The number of hydrogen-bond donors (Lipinski definition) is 3. The molecule has 12 nitrogen and oxygen atoms in total. The van der Waals surface area contributed by atoms with Gasteiger partial charge in [0.1, 0.15) is 0 Å². The number of rotatable bonds is 1. The van der Waals surface area contributed by atoms with Crippen molar-refractivity contribution in [3.63, 3.8) is 0 Å². The van der Waals surface area contributed by atoms with E-state index >= 15 is 0 Å². The summed E-state index contributed by atoms with van der Waals surface area (Å²) >= 11 is 0. The van der Waals surface area contributed by atoms with Crippen LogP contribution in [0.5, 0.6) is 0 Å². The lowest BCUT2D eigenvalue weighted by molar-refractivity contribution is -0.149. The number of nitrogens with one attached hydrogen (secondary N) is 1. The van der Waals surface area contributed by atoms with Gasteiger partial charge in [0.2, 0.25) is 11.8 Å². The molecule has 2 rings (SSSR count). The molecule has 2 saturated heterocycles. The average Bonchev–Trinajstić information content (AvgIpc) is 3.13. The van der Waals surface area contributed by atoms with E-state index in [1.54, 1.807) is 11.8 Å². The highest BCUT2D eigenvalue weighted by atomic mass is 16.6. The molecule has 228 valence electrons. The molecule has 2 amide bonds. The largest absolute Gasteiger partial charge is 0.481 e. The SMILES string of the molecule is C.C.C.C.CC.CC(=O)N1CCNCC1.CC(=O)O.CC(=O)OCO.CN1CCCC1=O.COC(C)=O. The van der Waals surface area contributed by atoms with Crippen molar-refractivity contribution in [2.75, 3.05) is 53.7 Å². The lowest BCUT2D eigenvalue weighted by Gasteiger charge is -2.25. The number of carboxylic acid groups (broad SMARTS) is 1. The van der Waals surface area contributed by atoms with Crippen molar-refractivity contribution in [3.8, 4) is 0 Å². The van der Waals surface area contributed by atoms with Crippen LogP contribution in [0, 0.1) is 0 Å². The van der Waals surface area contributed by atoms with E-state index < -0.39 is 18.7 Å². The smallest absolute Gasteiger partial charge is 0.304 e. The number of aliphatic carboxylic acids is 1. The van der Waals surface area contributed by atoms with Crippen molar-refractivity contribution < 1.29 is 43.7 Å². The highest BCUT2D eigenvalue weighted by Crippen LogP contribution is 2.04. The van der Waals surface area contributed by atoms with E-state index in [1.165, 1.54) is 21.0 Å². The number of hydrogen-bond acceptors (Lipinski definition) is 9. The van der Waals surface area contributed by atoms with Gasteiger partial charge in [-0.15, -0.1) is 0 Å². The Kier molecular flexibility index (Phi) is 60.1. The normalized spacial score (nSPS) is 11.9. The van der Waals surface area contributed by atoms with Gasteiger partial charge in [0.25, 0.3) is 5.97 Å². The molecule has 0 radical (unpaired) electrons. The second-order valence-electron chi connectivity index (χ2n) is 6.15. The van der Waals surface area contributed by atoms with Gasteiger partial charge in [-0.05, 0) is 6.42 Å². The summed E-state index contributed by atoms with van der Waals surface area (Å²) in [6.07, 6.45) is 1.81. The van der Waals surface area contributed by atoms with Crippen LogP contribution in [0.3, 0.4) is 0 Å². The van der Waals surface area contributed by atoms with Crippen LogP contribution < -0.4 is 5.32 Å². The second-order valence-corrected chi connectivity index (χ2v) is 6.15. The van der Waals surface area contributed by atoms with Crippen molar-refractivity contribution in [2.24, 2.45) is 0 Å². The van der Waals surface area contributed by atoms with Crippen LogP contribution in [-0.2, 0) is 33.4 Å². The van der Waals surface area contributed by atoms with Gasteiger partial charge in [0.05, 0.1) is 7.11 Å². The zero-order valence-corrected chi connectivity index (χ0v) is 21.3. The minimum Gasteiger partial charge on any atom is -0.481 e. The number of carbonyl (C=O) groups excluding carboxylic acids is 4. The van der Waals surface area contributed by atoms with Crippen LogP contribution in [0.1, 0.15) is 84.1 Å². The fourth-order valence-corrected chi connectivity index (χ4v) is 1.85. The molecule has 0 aromatic rings. The van der Waals surface area contributed by atoms with Gasteiger partial charge in [0.15, 0.2) is 6.79 Å². The third-order valence-electron chi connectivity index (χ3n) is 3.43. The lowest BCUT2D eigenvalue weighted by Crippen LogP contribution is -2.45. The summed E-state index contributed by atoms with van der Waals surface area (Å²) in [7, 11) is 3.19. The van der Waals surface area contributed by atoms with Gasteiger partial charge in [-0.1, -0.05) is 43.6 Å². The molecular formula is C25H59N3O9. The van der Waals surface area contributed by atoms with Gasteiger partial charge < -0.3 is 34.8 Å². The van der Waals surface area contributed by atoms with Crippen molar-refractivity contribution >= 4 is 29.7 Å². The molecule has 0 aromatic carbocycles. The predicted molar refractivity (Wildman–Crippen MR) is 150 cm³/mol. The molecule has 2 aliphatic rings. The number of carboxylic acids is 1. The number of amides is 2. The summed E-state index contributed by atoms with van der Waals surface area (Å²) in [4.78, 5) is 53.1. The minimum absolute atomic E-state index is 0. The van der Waals surface area contributed by atoms with E-state index in [0.717, 1.165) is 52.5 Å². The van der Waals surface area contributed by atoms with E-state index in [1.807, 2.05) is 25.8 Å². The number of esters is 2. The maximum Gasteiger partial charge on any atom is 0.304 e. The van der Waals surface area contributed by atoms with Crippen LogP contribution in [0.25, 0.3) is 0 Å². The van der Waals surface area contributed by atoms with Crippen molar-refractivity contribution in [2.45, 2.75) is 84.1 Å². The first kappa shape index (κ1) is 55.0. The predicted octanol–water partition coefficient (Wildman–Crippen LogP) is 3.02. The number of aliphatic hydroxyl groups excluding tert-OH is 1. The van der Waals surface area contributed by atoms with Gasteiger partial charge >= 0.3 is 11.9 Å². The van der Waals surface area contributed by atoms with E-state index in [9.17, 15) is 19.2 Å². The Morgan fingerprint density at radius 3 is 1.38 bits per heavy atom. The Morgan fingerprint density at radius 2 is 1.27 bits per heavy atom. The first-order chi connectivity index (χ1) is 15.4. The fourth-order valence-electron chi connectivity index (χ4n) is 1.85. The van der Waals surface area contributed by atoms with E-state index in [4.69, 9.17) is 15.0 Å². The molecule has 0 aromatic heterocycles. The average molecular weight is 546 g/mol. The van der Waals surface area contributed by atoms with Crippen LogP contribution in [0.4, 0.5) is 0 Å². The zero-order valence-electron chi connectivity index (χ0n) is 21.3. The van der Waals surface area contributed by atoms with Gasteiger partial charge in [-0.3, -0.25) is 24.0 Å². The van der Waals surface area contributed by atoms with Crippen LogP contribution in [-0.4, -0.2) is 103 Å². The van der Waals surface area contributed by atoms with Gasteiger partial charge in [-0.2, -0.15) is 0 Å². The number of methoxy groups -OCH3 is 1. The molecule has 12 heteroatoms. The summed E-state index contributed by atoms with van der Waals surface area (Å²) in [5.41, 5.74) is 0. The first-order valence-electron chi connectivity index (χ1n) is 10.6. The van der Waals surface area contributed by atoms with Crippen LogP contribution >= 0.6 is 0 Å². The van der Waals surface area contributed by atoms with E-state index in [-0.39, 0.29) is 41.6 Å². The molecule has 0 atom stereocenters. The molecular weight excluding hydrogens is 486 g/mol. The summed E-state index contributed by atoms with van der Waals surface area (Å²) in [6.45, 7) is 13.4. The first-order valence-corrected chi connectivity index (χ1v) is 10.6. The fraction of sp³-hybridized carbons (Fsp3) is 0.800. The number of nitrogens with zero attached hydrogens (tertiary/aromatic N) is 2. The quantitative estimate of drug-likeness (QED) is 0.330.